The highest BCUT2D eigenvalue weighted by Gasteiger charge is 2.26. The van der Waals surface area contributed by atoms with Crippen molar-refractivity contribution in [3.63, 3.8) is 0 Å². The molecule has 0 aliphatic rings. The van der Waals surface area contributed by atoms with Crippen LogP contribution >= 0.6 is 0 Å². The summed E-state index contributed by atoms with van der Waals surface area (Å²) in [5, 5.41) is 13.9. The number of benzene rings is 3. The van der Waals surface area contributed by atoms with Gasteiger partial charge in [0.1, 0.15) is 0 Å². The molecule has 0 saturated heterocycles. The summed E-state index contributed by atoms with van der Waals surface area (Å²) >= 11 is 0. The quantitative estimate of drug-likeness (QED) is 0.443. The van der Waals surface area contributed by atoms with E-state index in [1.54, 1.807) is 12.1 Å². The molecule has 0 spiro atoms. The number of nitrogens with one attached hydrogen (secondary N) is 2. The molecule has 9 heteroatoms. The van der Waals surface area contributed by atoms with Crippen LogP contribution in [0.4, 0.5) is 11.4 Å². The Kier molecular flexibility index (Phi) is 6.12. The van der Waals surface area contributed by atoms with Gasteiger partial charge in [0, 0.05) is 12.6 Å². The van der Waals surface area contributed by atoms with Crippen molar-refractivity contribution < 1.29 is 18.1 Å². The number of nitrogens with zero attached hydrogens (tertiary/aromatic N) is 1. The minimum Gasteiger partial charge on any atom is -0.348 e. The number of nitro benzene ring substituents is 1. The second-order valence-electron chi connectivity index (χ2n) is 6.54. The van der Waals surface area contributed by atoms with E-state index in [9.17, 15) is 23.3 Å². The maximum absolute atomic E-state index is 12.8. The standard InChI is InChI=1S/C21H19N3O5S/c1-15-10-12-16(13-11-15)14-22-21(25)17-6-2-3-7-18(17)23-30(28,29)20-9-5-4-8-19(20)24(26)27/h2-13,23H,14H2,1H3,(H,22,25). The molecule has 154 valence electrons. The number of carbonyl (C=O) groups is 1. The van der Waals surface area contributed by atoms with Gasteiger partial charge in [0.25, 0.3) is 21.6 Å². The molecule has 0 heterocycles. The molecule has 0 atom stereocenters. The number of aryl methyl sites for hydroxylation is 1. The van der Waals surface area contributed by atoms with Crippen LogP contribution in [0.1, 0.15) is 21.5 Å². The Morgan fingerprint density at radius 1 is 0.967 bits per heavy atom. The van der Waals surface area contributed by atoms with Crippen LogP contribution in [0.15, 0.2) is 77.7 Å². The number of rotatable bonds is 7. The molecule has 3 aromatic rings. The first-order chi connectivity index (χ1) is 14.3. The van der Waals surface area contributed by atoms with Crippen molar-refractivity contribution in [2.45, 2.75) is 18.4 Å². The summed E-state index contributed by atoms with van der Waals surface area (Å²) in [6, 6.07) is 18.7. The van der Waals surface area contributed by atoms with E-state index >= 15 is 0 Å². The van der Waals surface area contributed by atoms with Gasteiger partial charge in [-0.2, -0.15) is 0 Å². The van der Waals surface area contributed by atoms with E-state index in [0.717, 1.165) is 23.3 Å². The predicted octanol–water partition coefficient (Wildman–Crippen LogP) is 3.63. The van der Waals surface area contributed by atoms with Gasteiger partial charge in [0.05, 0.1) is 16.2 Å². The van der Waals surface area contributed by atoms with E-state index < -0.39 is 31.4 Å². The molecule has 0 radical (unpaired) electrons. The third-order valence-corrected chi connectivity index (χ3v) is 5.75. The lowest BCUT2D eigenvalue weighted by Gasteiger charge is -2.13. The second-order valence-corrected chi connectivity index (χ2v) is 8.20. The number of para-hydroxylation sites is 2. The second kappa shape index (κ2) is 8.75. The monoisotopic (exact) mass is 425 g/mol. The number of hydrogen-bond donors (Lipinski definition) is 2. The molecule has 1 amide bonds. The third kappa shape index (κ3) is 4.81. The van der Waals surface area contributed by atoms with Crippen molar-refractivity contribution in [1.29, 1.82) is 0 Å². The fraction of sp³-hybridized carbons (Fsp3) is 0.0952. The minimum atomic E-state index is -4.29. The summed E-state index contributed by atoms with van der Waals surface area (Å²) in [5.41, 5.74) is 1.57. The van der Waals surface area contributed by atoms with Crippen molar-refractivity contribution >= 4 is 27.3 Å². The van der Waals surface area contributed by atoms with E-state index in [1.807, 2.05) is 31.2 Å². The molecule has 3 rings (SSSR count). The zero-order valence-electron chi connectivity index (χ0n) is 16.0. The molecule has 8 nitrogen and oxygen atoms in total. The van der Waals surface area contributed by atoms with Crippen molar-refractivity contribution in [3.05, 3.63) is 99.6 Å². The third-order valence-electron chi connectivity index (χ3n) is 4.34. The zero-order chi connectivity index (χ0) is 21.7. The number of sulfonamides is 1. The van der Waals surface area contributed by atoms with Crippen LogP contribution in [0.3, 0.4) is 0 Å². The number of nitro groups is 1. The van der Waals surface area contributed by atoms with Gasteiger partial charge >= 0.3 is 0 Å². The van der Waals surface area contributed by atoms with E-state index in [-0.39, 0.29) is 17.8 Å². The average Bonchev–Trinajstić information content (AvgIpc) is 2.73. The Hall–Kier alpha value is -3.72. The van der Waals surface area contributed by atoms with Gasteiger partial charge in [-0.15, -0.1) is 0 Å². The number of hydrogen-bond acceptors (Lipinski definition) is 5. The fourth-order valence-corrected chi connectivity index (χ4v) is 4.04. The molecule has 0 saturated carbocycles. The first-order valence-electron chi connectivity index (χ1n) is 8.97. The van der Waals surface area contributed by atoms with Crippen molar-refractivity contribution in [2.75, 3.05) is 4.72 Å². The number of carbonyl (C=O) groups excluding carboxylic acids is 1. The van der Waals surface area contributed by atoms with Gasteiger partial charge in [-0.25, -0.2) is 8.42 Å². The van der Waals surface area contributed by atoms with Crippen LogP contribution < -0.4 is 10.0 Å². The van der Waals surface area contributed by atoms with Crippen molar-refractivity contribution in [2.24, 2.45) is 0 Å². The van der Waals surface area contributed by atoms with Crippen LogP contribution in [-0.2, 0) is 16.6 Å². The smallest absolute Gasteiger partial charge is 0.289 e. The molecule has 0 aromatic heterocycles. The molecule has 30 heavy (non-hydrogen) atoms. The highest BCUT2D eigenvalue weighted by molar-refractivity contribution is 7.92. The fourth-order valence-electron chi connectivity index (χ4n) is 2.79. The summed E-state index contributed by atoms with van der Waals surface area (Å²) < 4.78 is 27.8. The van der Waals surface area contributed by atoms with Crippen LogP contribution in [-0.4, -0.2) is 19.2 Å². The van der Waals surface area contributed by atoms with Crippen LogP contribution in [0.5, 0.6) is 0 Å². The van der Waals surface area contributed by atoms with Gasteiger partial charge < -0.3 is 5.32 Å². The Morgan fingerprint density at radius 2 is 1.60 bits per heavy atom. The maximum Gasteiger partial charge on any atom is 0.289 e. The lowest BCUT2D eigenvalue weighted by molar-refractivity contribution is -0.387. The molecule has 0 fully saturated rings. The molecule has 0 bridgehead atoms. The van der Waals surface area contributed by atoms with Gasteiger partial charge in [-0.05, 0) is 30.7 Å². The summed E-state index contributed by atoms with van der Waals surface area (Å²) in [6.45, 7) is 2.23. The first kappa shape index (κ1) is 21.0. The molecule has 0 aliphatic heterocycles. The maximum atomic E-state index is 12.8. The van der Waals surface area contributed by atoms with E-state index in [2.05, 4.69) is 10.0 Å². The Morgan fingerprint density at radius 3 is 2.30 bits per heavy atom. The Bertz CT molecular complexity index is 1190. The van der Waals surface area contributed by atoms with Crippen molar-refractivity contribution in [1.82, 2.24) is 5.32 Å². The molecular formula is C21H19N3O5S. The van der Waals surface area contributed by atoms with Gasteiger partial charge in [0.2, 0.25) is 0 Å². The van der Waals surface area contributed by atoms with Crippen LogP contribution in [0.25, 0.3) is 0 Å². The molecular weight excluding hydrogens is 406 g/mol. The Balaban J connectivity index is 1.84. The molecule has 0 unspecified atom stereocenters. The van der Waals surface area contributed by atoms with Crippen LogP contribution in [0, 0.1) is 17.0 Å². The Labute approximate surface area is 173 Å². The SMILES string of the molecule is Cc1ccc(CNC(=O)c2ccccc2NS(=O)(=O)c2ccccc2[N+](=O)[O-])cc1. The summed E-state index contributed by atoms with van der Waals surface area (Å²) in [5.74, 6) is -0.476. The summed E-state index contributed by atoms with van der Waals surface area (Å²) in [7, 11) is -4.29. The highest BCUT2D eigenvalue weighted by atomic mass is 32.2. The van der Waals surface area contributed by atoms with E-state index in [4.69, 9.17) is 0 Å². The van der Waals surface area contributed by atoms with E-state index in [1.165, 1.54) is 24.3 Å². The zero-order valence-corrected chi connectivity index (χ0v) is 16.8. The van der Waals surface area contributed by atoms with Gasteiger partial charge in [0.15, 0.2) is 4.90 Å². The number of amides is 1. The lowest BCUT2D eigenvalue weighted by atomic mass is 10.1. The van der Waals surface area contributed by atoms with Gasteiger partial charge in [-0.3, -0.25) is 19.6 Å². The normalized spacial score (nSPS) is 11.0. The summed E-state index contributed by atoms with van der Waals surface area (Å²) in [6.07, 6.45) is 0. The average molecular weight is 425 g/mol. The number of anilines is 1. The molecule has 0 aliphatic carbocycles. The summed E-state index contributed by atoms with van der Waals surface area (Å²) in [4.78, 5) is 22.6. The predicted molar refractivity (Wildman–Crippen MR) is 113 cm³/mol. The molecule has 2 N–H and O–H groups in total. The topological polar surface area (TPSA) is 118 Å². The molecule has 3 aromatic carbocycles. The largest absolute Gasteiger partial charge is 0.348 e. The van der Waals surface area contributed by atoms with E-state index in [0.29, 0.717) is 0 Å². The highest BCUT2D eigenvalue weighted by Crippen LogP contribution is 2.26. The minimum absolute atomic E-state index is 0.0251. The van der Waals surface area contributed by atoms with Gasteiger partial charge in [-0.1, -0.05) is 54.1 Å². The lowest BCUT2D eigenvalue weighted by Crippen LogP contribution is -2.25. The van der Waals surface area contributed by atoms with Crippen molar-refractivity contribution in [3.8, 4) is 0 Å². The van der Waals surface area contributed by atoms with Crippen LogP contribution in [0.2, 0.25) is 0 Å². The first-order valence-corrected chi connectivity index (χ1v) is 10.5.